The van der Waals surface area contributed by atoms with Gasteiger partial charge >= 0.3 is 0 Å². The van der Waals surface area contributed by atoms with E-state index >= 15 is 0 Å². The first-order chi connectivity index (χ1) is 8.56. The summed E-state index contributed by atoms with van der Waals surface area (Å²) in [5.41, 5.74) is 3.03. The van der Waals surface area contributed by atoms with Gasteiger partial charge in [-0.1, -0.05) is 17.7 Å². The summed E-state index contributed by atoms with van der Waals surface area (Å²) < 4.78 is 15.6. The molecule has 0 aliphatic rings. The first-order valence-electron chi connectivity index (χ1n) is 4.88. The van der Waals surface area contributed by atoms with Crippen molar-refractivity contribution in [3.63, 3.8) is 0 Å². The van der Waals surface area contributed by atoms with Gasteiger partial charge in [-0.15, -0.1) is 11.3 Å². The van der Waals surface area contributed by atoms with Crippen molar-refractivity contribution in [2.75, 3.05) is 0 Å². The topological polar surface area (TPSA) is 38.0 Å². The molecule has 0 spiro atoms. The van der Waals surface area contributed by atoms with E-state index in [9.17, 15) is 4.39 Å². The molecule has 1 heterocycles. The summed E-state index contributed by atoms with van der Waals surface area (Å²) in [6.45, 7) is 0. The third-order valence-electron chi connectivity index (χ3n) is 2.45. The van der Waals surface area contributed by atoms with E-state index in [1.54, 1.807) is 12.1 Å². The number of nitrogens with one attached hydrogen (secondary N) is 1. The average Bonchev–Trinajstić information content (AvgIpc) is 2.77. The van der Waals surface area contributed by atoms with Gasteiger partial charge in [0.25, 0.3) is 0 Å². The number of halogens is 4. The molecule has 0 saturated carbocycles. The molecule has 0 fully saturated rings. The van der Waals surface area contributed by atoms with Gasteiger partial charge in [-0.3, -0.25) is 5.84 Å². The number of benzene rings is 1. The molecule has 0 amide bonds. The molecule has 7 heteroatoms. The SMILES string of the molecule is NNC(c1ccc(Br)c(Cl)c1F)c1sccc1Br. The molecule has 1 atom stereocenters. The van der Waals surface area contributed by atoms with Crippen molar-refractivity contribution in [3.05, 3.63) is 53.8 Å². The molecule has 2 nitrogen and oxygen atoms in total. The Morgan fingerprint density at radius 3 is 2.56 bits per heavy atom. The van der Waals surface area contributed by atoms with E-state index in [4.69, 9.17) is 17.4 Å². The van der Waals surface area contributed by atoms with E-state index in [1.807, 2.05) is 11.4 Å². The highest BCUT2D eigenvalue weighted by Crippen LogP contribution is 2.37. The lowest BCUT2D eigenvalue weighted by Gasteiger charge is -2.17. The van der Waals surface area contributed by atoms with Gasteiger partial charge in [0.2, 0.25) is 0 Å². The van der Waals surface area contributed by atoms with Gasteiger partial charge in [0.05, 0.1) is 11.1 Å². The molecule has 1 aromatic heterocycles. The quantitative estimate of drug-likeness (QED) is 0.437. The molecule has 0 aliphatic carbocycles. The second-order valence-electron chi connectivity index (χ2n) is 3.50. The van der Waals surface area contributed by atoms with E-state index in [1.165, 1.54) is 11.3 Å². The molecule has 18 heavy (non-hydrogen) atoms. The van der Waals surface area contributed by atoms with Crippen LogP contribution in [0.5, 0.6) is 0 Å². The lowest BCUT2D eigenvalue weighted by Crippen LogP contribution is -2.29. The highest BCUT2D eigenvalue weighted by Gasteiger charge is 2.22. The first-order valence-corrected chi connectivity index (χ1v) is 7.73. The number of thiophene rings is 1. The summed E-state index contributed by atoms with van der Waals surface area (Å²) in [6, 6.07) is 4.81. The Morgan fingerprint density at radius 2 is 2.00 bits per heavy atom. The van der Waals surface area contributed by atoms with Gasteiger partial charge < -0.3 is 0 Å². The van der Waals surface area contributed by atoms with Crippen LogP contribution in [-0.4, -0.2) is 0 Å². The lowest BCUT2D eigenvalue weighted by atomic mass is 10.1. The normalized spacial score (nSPS) is 12.7. The minimum Gasteiger partial charge on any atom is -0.271 e. The van der Waals surface area contributed by atoms with Gasteiger partial charge in [-0.05, 0) is 49.4 Å². The molecule has 96 valence electrons. The van der Waals surface area contributed by atoms with E-state index in [0.717, 1.165) is 9.35 Å². The fourth-order valence-electron chi connectivity index (χ4n) is 1.58. The van der Waals surface area contributed by atoms with E-state index in [0.29, 0.717) is 10.0 Å². The van der Waals surface area contributed by atoms with Crippen molar-refractivity contribution in [2.24, 2.45) is 5.84 Å². The predicted molar refractivity (Wildman–Crippen MR) is 80.3 cm³/mol. The third-order valence-corrected chi connectivity index (χ3v) is 5.64. The van der Waals surface area contributed by atoms with E-state index in [-0.39, 0.29) is 5.02 Å². The first kappa shape index (κ1) is 14.4. The zero-order valence-corrected chi connectivity index (χ0v) is 13.6. The summed E-state index contributed by atoms with van der Waals surface area (Å²) >= 11 is 14.0. The van der Waals surface area contributed by atoms with Crippen molar-refractivity contribution in [1.82, 2.24) is 5.43 Å². The maximum absolute atomic E-state index is 14.2. The largest absolute Gasteiger partial charge is 0.271 e. The van der Waals surface area contributed by atoms with Crippen molar-refractivity contribution in [2.45, 2.75) is 6.04 Å². The molecule has 2 rings (SSSR count). The molecule has 3 N–H and O–H groups in total. The Kier molecular flexibility index (Phi) is 4.80. The molecule has 0 aliphatic heterocycles. The fraction of sp³-hybridized carbons (Fsp3) is 0.0909. The Hall–Kier alpha value is 0.0200. The molecule has 0 radical (unpaired) electrons. The van der Waals surface area contributed by atoms with Gasteiger partial charge in [0.15, 0.2) is 0 Å². The van der Waals surface area contributed by atoms with Crippen LogP contribution in [0, 0.1) is 5.82 Å². The Morgan fingerprint density at radius 1 is 1.28 bits per heavy atom. The maximum atomic E-state index is 14.2. The van der Waals surface area contributed by atoms with Gasteiger partial charge in [0.1, 0.15) is 5.82 Å². The fourth-order valence-corrected chi connectivity index (χ4v) is 3.74. The Labute approximate surface area is 130 Å². The lowest BCUT2D eigenvalue weighted by molar-refractivity contribution is 0.563. The molecule has 0 saturated heterocycles. The van der Waals surface area contributed by atoms with Crippen LogP contribution in [0.2, 0.25) is 5.02 Å². The second kappa shape index (κ2) is 5.98. The van der Waals surface area contributed by atoms with Crippen LogP contribution in [0.25, 0.3) is 0 Å². The number of hydrogen-bond donors (Lipinski definition) is 2. The standard InChI is InChI=1S/C11H8Br2ClFN2S/c12-6-2-1-5(9(15)8(6)14)10(17-16)11-7(13)3-4-18-11/h1-4,10,17H,16H2. The summed E-state index contributed by atoms with van der Waals surface area (Å²) in [4.78, 5) is 0.898. The zero-order chi connectivity index (χ0) is 13.3. The average molecular weight is 415 g/mol. The summed E-state index contributed by atoms with van der Waals surface area (Å²) in [6.07, 6.45) is 0. The van der Waals surface area contributed by atoms with Crippen molar-refractivity contribution in [1.29, 1.82) is 0 Å². The van der Waals surface area contributed by atoms with Crippen molar-refractivity contribution in [3.8, 4) is 0 Å². The van der Waals surface area contributed by atoms with Gasteiger partial charge in [-0.25, -0.2) is 9.82 Å². The molecular formula is C11H8Br2ClFN2S. The summed E-state index contributed by atoms with van der Waals surface area (Å²) in [7, 11) is 0. The van der Waals surface area contributed by atoms with Crippen LogP contribution in [0.15, 0.2) is 32.5 Å². The van der Waals surface area contributed by atoms with Gasteiger partial charge in [0, 0.05) is 19.4 Å². The van der Waals surface area contributed by atoms with E-state index in [2.05, 4.69) is 37.3 Å². The van der Waals surface area contributed by atoms with Crippen molar-refractivity contribution >= 4 is 54.8 Å². The third kappa shape index (κ3) is 2.64. The predicted octanol–water partition coefficient (Wildman–Crippen LogP) is 4.62. The van der Waals surface area contributed by atoms with Crippen LogP contribution < -0.4 is 11.3 Å². The second-order valence-corrected chi connectivity index (χ2v) is 6.53. The summed E-state index contributed by atoms with van der Waals surface area (Å²) in [5, 5.41) is 1.96. The molecule has 2 aromatic rings. The number of hydrazine groups is 1. The van der Waals surface area contributed by atoms with Gasteiger partial charge in [-0.2, -0.15) is 0 Å². The van der Waals surface area contributed by atoms with Crippen LogP contribution in [0.4, 0.5) is 4.39 Å². The number of hydrogen-bond acceptors (Lipinski definition) is 3. The van der Waals surface area contributed by atoms with Crippen LogP contribution in [0.3, 0.4) is 0 Å². The monoisotopic (exact) mass is 412 g/mol. The minimum absolute atomic E-state index is 0.0560. The number of rotatable bonds is 3. The summed E-state index contributed by atoms with van der Waals surface area (Å²) in [5.74, 6) is 5.06. The molecule has 1 unspecified atom stereocenters. The Balaban J connectivity index is 2.53. The van der Waals surface area contributed by atoms with Crippen LogP contribution in [0.1, 0.15) is 16.5 Å². The Bertz CT molecular complexity index is 576. The minimum atomic E-state index is -0.478. The van der Waals surface area contributed by atoms with Crippen LogP contribution >= 0.6 is 54.8 Å². The van der Waals surface area contributed by atoms with E-state index < -0.39 is 11.9 Å². The zero-order valence-electron chi connectivity index (χ0n) is 8.88. The van der Waals surface area contributed by atoms with Crippen molar-refractivity contribution < 1.29 is 4.39 Å². The number of nitrogens with two attached hydrogens (primary N) is 1. The molecular weight excluding hydrogens is 406 g/mol. The molecule has 1 aromatic carbocycles. The van der Waals surface area contributed by atoms with Crippen LogP contribution in [-0.2, 0) is 0 Å². The molecule has 0 bridgehead atoms. The highest BCUT2D eigenvalue weighted by molar-refractivity contribution is 9.10. The maximum Gasteiger partial charge on any atom is 0.148 e. The highest BCUT2D eigenvalue weighted by atomic mass is 79.9. The smallest absolute Gasteiger partial charge is 0.148 e.